The Balaban J connectivity index is 2.03. The second kappa shape index (κ2) is 9.80. The fraction of sp³-hybridized carbons (Fsp3) is 0.273. The maximum Gasteiger partial charge on any atom is 0.258 e. The number of hydrogen-bond acceptors (Lipinski definition) is 7. The second-order valence-corrected chi connectivity index (χ2v) is 6.29. The molecule has 1 amide bonds. The number of nitrogens with one attached hydrogen (secondary N) is 1. The van der Waals surface area contributed by atoms with Crippen molar-refractivity contribution < 1.29 is 28.2 Å². The predicted molar refractivity (Wildman–Crippen MR) is 111 cm³/mol. The van der Waals surface area contributed by atoms with Crippen LogP contribution in [0.15, 0.2) is 51.7 Å². The van der Waals surface area contributed by atoms with Gasteiger partial charge in [-0.3, -0.25) is 9.59 Å². The third kappa shape index (κ3) is 4.55. The molecule has 1 N–H and O–H groups in total. The summed E-state index contributed by atoms with van der Waals surface area (Å²) in [5.74, 6) is 0.767. The largest absolute Gasteiger partial charge is 0.493 e. The lowest BCUT2D eigenvalue weighted by Gasteiger charge is -2.13. The molecule has 0 unspecified atom stereocenters. The van der Waals surface area contributed by atoms with Gasteiger partial charge < -0.3 is 28.7 Å². The zero-order valence-corrected chi connectivity index (χ0v) is 17.0. The van der Waals surface area contributed by atoms with Crippen molar-refractivity contribution in [2.24, 2.45) is 0 Å². The van der Waals surface area contributed by atoms with Gasteiger partial charge in [0.25, 0.3) is 5.91 Å². The molecule has 0 aliphatic heterocycles. The molecule has 0 spiro atoms. The van der Waals surface area contributed by atoms with Crippen molar-refractivity contribution in [2.45, 2.75) is 0 Å². The predicted octanol–water partition coefficient (Wildman–Crippen LogP) is 2.62. The highest BCUT2D eigenvalue weighted by Crippen LogP contribution is 2.36. The minimum absolute atomic E-state index is 0.0530. The first-order valence-electron chi connectivity index (χ1n) is 9.25. The van der Waals surface area contributed by atoms with Crippen molar-refractivity contribution in [1.82, 2.24) is 5.32 Å². The van der Waals surface area contributed by atoms with E-state index in [0.29, 0.717) is 41.2 Å². The number of carbonyl (C=O) groups is 1. The molecule has 0 aliphatic rings. The van der Waals surface area contributed by atoms with E-state index in [1.54, 1.807) is 49.6 Å². The van der Waals surface area contributed by atoms with Crippen LogP contribution in [0.1, 0.15) is 0 Å². The molecule has 8 heteroatoms. The van der Waals surface area contributed by atoms with E-state index in [1.807, 2.05) is 0 Å². The molecule has 30 heavy (non-hydrogen) atoms. The minimum Gasteiger partial charge on any atom is -0.493 e. The number of fused-ring (bicyclic) bond motifs is 1. The lowest BCUT2D eigenvalue weighted by molar-refractivity contribution is -0.123. The third-order valence-corrected chi connectivity index (χ3v) is 4.38. The maximum absolute atomic E-state index is 13.1. The molecule has 0 bridgehead atoms. The summed E-state index contributed by atoms with van der Waals surface area (Å²) in [5.41, 5.74) is 0.584. The van der Waals surface area contributed by atoms with E-state index in [-0.39, 0.29) is 29.5 Å². The summed E-state index contributed by atoms with van der Waals surface area (Å²) in [6.07, 6.45) is 0. The standard InChI is InChI=1S/C22H23NO7/c1-26-11-10-23-19(24)13-29-22-20(25)15-6-4-5-7-16(15)30-21(22)14-8-9-17(27-2)18(12-14)28-3/h4-9,12H,10-11,13H2,1-3H3,(H,23,24). The molecule has 8 nitrogen and oxygen atoms in total. The molecule has 0 saturated carbocycles. The smallest absolute Gasteiger partial charge is 0.258 e. The highest BCUT2D eigenvalue weighted by Gasteiger charge is 2.20. The molecule has 3 rings (SSSR count). The number of benzene rings is 2. The first kappa shape index (κ1) is 21.2. The van der Waals surface area contributed by atoms with Crippen molar-refractivity contribution in [1.29, 1.82) is 0 Å². The van der Waals surface area contributed by atoms with Gasteiger partial charge in [-0.05, 0) is 30.3 Å². The van der Waals surface area contributed by atoms with Gasteiger partial charge in [0, 0.05) is 19.2 Å². The van der Waals surface area contributed by atoms with Crippen LogP contribution in [0.3, 0.4) is 0 Å². The summed E-state index contributed by atoms with van der Waals surface area (Å²) in [7, 11) is 4.59. The SMILES string of the molecule is COCCNC(=O)COc1c(-c2ccc(OC)c(OC)c2)oc2ccccc2c1=O. The van der Waals surface area contributed by atoms with Crippen LogP contribution in [0.4, 0.5) is 0 Å². The normalized spacial score (nSPS) is 10.6. The first-order chi connectivity index (χ1) is 14.6. The number of methoxy groups -OCH3 is 3. The number of amides is 1. The van der Waals surface area contributed by atoms with Crippen LogP contribution in [-0.2, 0) is 9.53 Å². The summed E-state index contributed by atoms with van der Waals surface area (Å²) in [4.78, 5) is 25.1. The fourth-order valence-electron chi connectivity index (χ4n) is 2.90. The van der Waals surface area contributed by atoms with Crippen LogP contribution in [0.25, 0.3) is 22.3 Å². The van der Waals surface area contributed by atoms with Crippen LogP contribution in [0.2, 0.25) is 0 Å². The van der Waals surface area contributed by atoms with E-state index >= 15 is 0 Å². The Bertz CT molecular complexity index is 1090. The molecule has 1 aromatic heterocycles. The Labute approximate surface area is 173 Å². The van der Waals surface area contributed by atoms with Crippen LogP contribution in [0.5, 0.6) is 17.2 Å². The van der Waals surface area contributed by atoms with Crippen molar-refractivity contribution in [3.63, 3.8) is 0 Å². The molecule has 2 aromatic carbocycles. The quantitative estimate of drug-likeness (QED) is 0.539. The highest BCUT2D eigenvalue weighted by atomic mass is 16.5. The van der Waals surface area contributed by atoms with E-state index < -0.39 is 0 Å². The van der Waals surface area contributed by atoms with Crippen LogP contribution >= 0.6 is 0 Å². The molecule has 0 saturated heterocycles. The summed E-state index contributed by atoms with van der Waals surface area (Å²) < 4.78 is 27.1. The minimum atomic E-state index is -0.377. The van der Waals surface area contributed by atoms with E-state index in [4.69, 9.17) is 23.4 Å². The molecular formula is C22H23NO7. The summed E-state index contributed by atoms with van der Waals surface area (Å²) in [6, 6.07) is 11.9. The monoisotopic (exact) mass is 413 g/mol. The molecule has 0 atom stereocenters. The zero-order chi connectivity index (χ0) is 21.5. The van der Waals surface area contributed by atoms with E-state index in [1.165, 1.54) is 14.2 Å². The van der Waals surface area contributed by atoms with Gasteiger partial charge >= 0.3 is 0 Å². The topological polar surface area (TPSA) is 96.2 Å². The molecule has 0 fully saturated rings. The Morgan fingerprint density at radius 1 is 1.03 bits per heavy atom. The molecule has 1 heterocycles. The van der Waals surface area contributed by atoms with Gasteiger partial charge in [0.05, 0.1) is 26.2 Å². The summed E-state index contributed by atoms with van der Waals surface area (Å²) >= 11 is 0. The molecule has 158 valence electrons. The van der Waals surface area contributed by atoms with Gasteiger partial charge in [-0.1, -0.05) is 12.1 Å². The third-order valence-electron chi connectivity index (χ3n) is 4.38. The van der Waals surface area contributed by atoms with Crippen molar-refractivity contribution >= 4 is 16.9 Å². The highest BCUT2D eigenvalue weighted by molar-refractivity contribution is 5.83. The van der Waals surface area contributed by atoms with Crippen LogP contribution in [-0.4, -0.2) is 47.0 Å². The average molecular weight is 413 g/mol. The van der Waals surface area contributed by atoms with Gasteiger partial charge in [0.1, 0.15) is 5.58 Å². The molecule has 3 aromatic rings. The van der Waals surface area contributed by atoms with Crippen molar-refractivity contribution in [3.8, 4) is 28.6 Å². The Hall–Kier alpha value is -3.52. The van der Waals surface area contributed by atoms with Gasteiger partial charge in [-0.25, -0.2) is 0 Å². The van der Waals surface area contributed by atoms with Gasteiger partial charge in [0.15, 0.2) is 23.9 Å². The number of ether oxygens (including phenoxy) is 4. The molecule has 0 radical (unpaired) electrons. The van der Waals surface area contributed by atoms with Gasteiger partial charge in [0.2, 0.25) is 11.2 Å². The number of hydrogen-bond donors (Lipinski definition) is 1. The van der Waals surface area contributed by atoms with Crippen LogP contribution < -0.4 is 25.0 Å². The molecular weight excluding hydrogens is 390 g/mol. The maximum atomic E-state index is 13.1. The average Bonchev–Trinajstić information content (AvgIpc) is 2.78. The number of carbonyl (C=O) groups excluding carboxylic acids is 1. The van der Waals surface area contributed by atoms with Crippen molar-refractivity contribution in [2.75, 3.05) is 41.1 Å². The van der Waals surface area contributed by atoms with Crippen molar-refractivity contribution in [3.05, 3.63) is 52.7 Å². The number of para-hydroxylation sites is 1. The Kier molecular flexibility index (Phi) is 6.92. The number of rotatable bonds is 9. The van der Waals surface area contributed by atoms with E-state index in [2.05, 4.69) is 5.32 Å². The lowest BCUT2D eigenvalue weighted by Crippen LogP contribution is -2.32. The van der Waals surface area contributed by atoms with Gasteiger partial charge in [-0.2, -0.15) is 0 Å². The molecule has 0 aliphatic carbocycles. The van der Waals surface area contributed by atoms with Crippen LogP contribution in [0, 0.1) is 0 Å². The summed E-state index contributed by atoms with van der Waals surface area (Å²) in [5, 5.41) is 3.00. The zero-order valence-electron chi connectivity index (χ0n) is 17.0. The van der Waals surface area contributed by atoms with E-state index in [9.17, 15) is 9.59 Å². The van der Waals surface area contributed by atoms with E-state index in [0.717, 1.165) is 0 Å². The fourth-order valence-corrected chi connectivity index (χ4v) is 2.90. The first-order valence-corrected chi connectivity index (χ1v) is 9.25. The second-order valence-electron chi connectivity index (χ2n) is 6.29. The summed E-state index contributed by atoms with van der Waals surface area (Å²) in [6.45, 7) is 0.376. The van der Waals surface area contributed by atoms with Gasteiger partial charge in [-0.15, -0.1) is 0 Å². The lowest BCUT2D eigenvalue weighted by atomic mass is 10.1. The Morgan fingerprint density at radius 2 is 1.80 bits per heavy atom. The Morgan fingerprint density at radius 3 is 2.53 bits per heavy atom.